The Hall–Kier alpha value is -2.17. The van der Waals surface area contributed by atoms with E-state index >= 15 is 0 Å². The van der Waals surface area contributed by atoms with Crippen molar-refractivity contribution < 1.29 is 15.0 Å². The smallest absolute Gasteiger partial charge is 0.261 e. The van der Waals surface area contributed by atoms with Gasteiger partial charge in [0.2, 0.25) is 0 Å². The van der Waals surface area contributed by atoms with Gasteiger partial charge >= 0.3 is 0 Å². The summed E-state index contributed by atoms with van der Waals surface area (Å²) in [7, 11) is 0. The minimum absolute atomic E-state index is 0.253. The molecule has 1 fully saturated rings. The molecule has 25 heavy (non-hydrogen) atoms. The van der Waals surface area contributed by atoms with Gasteiger partial charge in [-0.05, 0) is 36.3 Å². The van der Waals surface area contributed by atoms with Gasteiger partial charge in [-0.3, -0.25) is 4.79 Å². The van der Waals surface area contributed by atoms with E-state index in [4.69, 9.17) is 0 Å². The minimum Gasteiger partial charge on any atom is -0.393 e. The van der Waals surface area contributed by atoms with Gasteiger partial charge in [0, 0.05) is 6.54 Å². The predicted molar refractivity (Wildman–Crippen MR) is 96.9 cm³/mol. The molecule has 1 aliphatic carbocycles. The van der Waals surface area contributed by atoms with E-state index in [1.807, 2.05) is 36.4 Å². The molecule has 0 bridgehead atoms. The van der Waals surface area contributed by atoms with Crippen LogP contribution in [0.15, 0.2) is 60.7 Å². The molecule has 4 nitrogen and oxygen atoms in total. The van der Waals surface area contributed by atoms with Crippen LogP contribution in [0.25, 0.3) is 0 Å². The van der Waals surface area contributed by atoms with Gasteiger partial charge in [-0.25, -0.2) is 0 Å². The third-order valence-corrected chi connectivity index (χ3v) is 5.02. The van der Waals surface area contributed by atoms with Crippen LogP contribution in [-0.4, -0.2) is 28.8 Å². The van der Waals surface area contributed by atoms with E-state index in [0.717, 1.165) is 19.3 Å². The Labute approximate surface area is 148 Å². The second-order valence-electron chi connectivity index (χ2n) is 6.84. The summed E-state index contributed by atoms with van der Waals surface area (Å²) in [6.07, 6.45) is 3.23. The van der Waals surface area contributed by atoms with Crippen LogP contribution in [0.3, 0.4) is 0 Å². The Morgan fingerprint density at radius 1 is 1.00 bits per heavy atom. The van der Waals surface area contributed by atoms with Crippen molar-refractivity contribution in [3.63, 3.8) is 0 Å². The number of hydrogen-bond donors (Lipinski definition) is 3. The second kappa shape index (κ2) is 7.81. The maximum absolute atomic E-state index is 13.0. The van der Waals surface area contributed by atoms with Crippen LogP contribution in [0, 0.1) is 5.92 Å². The SMILES string of the molecule is O=C(NCC1CCCC(O)C1)C(O)(c1ccccc1)c1ccccc1. The summed E-state index contributed by atoms with van der Waals surface area (Å²) in [6.45, 7) is 0.470. The van der Waals surface area contributed by atoms with Crippen molar-refractivity contribution in [2.45, 2.75) is 37.4 Å². The van der Waals surface area contributed by atoms with Crippen LogP contribution >= 0.6 is 0 Å². The van der Waals surface area contributed by atoms with Crippen LogP contribution in [0.5, 0.6) is 0 Å². The summed E-state index contributed by atoms with van der Waals surface area (Å²) in [5, 5.41) is 24.1. The molecule has 2 unspecified atom stereocenters. The monoisotopic (exact) mass is 339 g/mol. The van der Waals surface area contributed by atoms with E-state index in [2.05, 4.69) is 5.32 Å². The van der Waals surface area contributed by atoms with Crippen molar-refractivity contribution in [3.8, 4) is 0 Å². The molecule has 0 aliphatic heterocycles. The first-order valence-electron chi connectivity index (χ1n) is 8.90. The first-order valence-corrected chi connectivity index (χ1v) is 8.90. The fourth-order valence-corrected chi connectivity index (χ4v) is 3.60. The van der Waals surface area contributed by atoms with Crippen molar-refractivity contribution in [1.29, 1.82) is 0 Å². The summed E-state index contributed by atoms with van der Waals surface area (Å²) in [5.74, 6) is -0.173. The van der Waals surface area contributed by atoms with E-state index in [9.17, 15) is 15.0 Å². The molecular weight excluding hydrogens is 314 g/mol. The largest absolute Gasteiger partial charge is 0.393 e. The normalized spacial score (nSPS) is 20.9. The van der Waals surface area contributed by atoms with Gasteiger partial charge in [0.25, 0.3) is 5.91 Å². The van der Waals surface area contributed by atoms with Gasteiger partial charge in [-0.2, -0.15) is 0 Å². The summed E-state index contributed by atoms with van der Waals surface area (Å²) in [4.78, 5) is 13.0. The molecule has 4 heteroatoms. The van der Waals surface area contributed by atoms with Gasteiger partial charge in [0.1, 0.15) is 0 Å². The third-order valence-electron chi connectivity index (χ3n) is 5.02. The predicted octanol–water partition coefficient (Wildman–Crippen LogP) is 2.59. The van der Waals surface area contributed by atoms with E-state index in [1.165, 1.54) is 0 Å². The molecule has 0 saturated heterocycles. The van der Waals surface area contributed by atoms with E-state index in [-0.39, 0.29) is 12.0 Å². The van der Waals surface area contributed by atoms with Crippen molar-refractivity contribution >= 4 is 5.91 Å². The van der Waals surface area contributed by atoms with E-state index in [0.29, 0.717) is 24.1 Å². The number of rotatable bonds is 5. The van der Waals surface area contributed by atoms with Gasteiger partial charge in [0.05, 0.1) is 6.10 Å². The highest BCUT2D eigenvalue weighted by Gasteiger charge is 2.40. The Morgan fingerprint density at radius 3 is 2.08 bits per heavy atom. The zero-order valence-corrected chi connectivity index (χ0v) is 14.3. The fraction of sp³-hybridized carbons (Fsp3) is 0.381. The topological polar surface area (TPSA) is 69.6 Å². The summed E-state index contributed by atoms with van der Waals surface area (Å²) in [6, 6.07) is 18.0. The first kappa shape index (κ1) is 17.6. The summed E-state index contributed by atoms with van der Waals surface area (Å²) >= 11 is 0. The molecule has 3 N–H and O–H groups in total. The quantitative estimate of drug-likeness (QED) is 0.784. The van der Waals surface area contributed by atoms with Crippen molar-refractivity contribution in [3.05, 3.63) is 71.8 Å². The van der Waals surface area contributed by atoms with Crippen LogP contribution in [-0.2, 0) is 10.4 Å². The molecule has 0 heterocycles. The van der Waals surface area contributed by atoms with Gasteiger partial charge in [-0.1, -0.05) is 67.1 Å². The lowest BCUT2D eigenvalue weighted by atomic mass is 9.84. The molecule has 1 aliphatic rings. The lowest BCUT2D eigenvalue weighted by Crippen LogP contribution is -2.47. The molecule has 2 aromatic rings. The number of aliphatic hydroxyl groups is 2. The lowest BCUT2D eigenvalue weighted by molar-refractivity contribution is -0.137. The van der Waals surface area contributed by atoms with Crippen LogP contribution in [0.4, 0.5) is 0 Å². The molecule has 0 aromatic heterocycles. The maximum atomic E-state index is 13.0. The number of carbonyl (C=O) groups excluding carboxylic acids is 1. The molecule has 132 valence electrons. The summed E-state index contributed by atoms with van der Waals surface area (Å²) < 4.78 is 0. The van der Waals surface area contributed by atoms with Gasteiger partial charge < -0.3 is 15.5 Å². The second-order valence-corrected chi connectivity index (χ2v) is 6.84. The lowest BCUT2D eigenvalue weighted by Gasteiger charge is -2.30. The highest BCUT2D eigenvalue weighted by molar-refractivity contribution is 5.90. The molecular formula is C21H25NO3. The van der Waals surface area contributed by atoms with Crippen molar-refractivity contribution in [2.75, 3.05) is 6.54 Å². The Morgan fingerprint density at radius 2 is 1.56 bits per heavy atom. The van der Waals surface area contributed by atoms with Crippen molar-refractivity contribution in [2.24, 2.45) is 5.92 Å². The van der Waals surface area contributed by atoms with E-state index in [1.54, 1.807) is 24.3 Å². The first-order chi connectivity index (χ1) is 12.1. The molecule has 0 spiro atoms. The minimum atomic E-state index is -1.73. The number of aliphatic hydroxyl groups excluding tert-OH is 1. The van der Waals surface area contributed by atoms with Gasteiger partial charge in [-0.15, -0.1) is 0 Å². The number of benzene rings is 2. The molecule has 2 atom stereocenters. The Balaban J connectivity index is 1.81. The Kier molecular flexibility index (Phi) is 5.51. The van der Waals surface area contributed by atoms with Crippen LogP contribution < -0.4 is 5.32 Å². The molecule has 1 amide bonds. The van der Waals surface area contributed by atoms with Gasteiger partial charge in [0.15, 0.2) is 5.60 Å². The fourth-order valence-electron chi connectivity index (χ4n) is 3.60. The number of nitrogens with one attached hydrogen (secondary N) is 1. The maximum Gasteiger partial charge on any atom is 0.261 e. The number of amides is 1. The molecule has 3 rings (SSSR count). The van der Waals surface area contributed by atoms with E-state index < -0.39 is 11.5 Å². The summed E-state index contributed by atoms with van der Waals surface area (Å²) in [5.41, 5.74) is -0.639. The highest BCUT2D eigenvalue weighted by Crippen LogP contribution is 2.30. The standard InChI is InChI=1S/C21H25NO3/c23-19-13-7-8-16(14-19)15-22-20(24)21(25,17-9-3-1-4-10-17)18-11-5-2-6-12-18/h1-6,9-12,16,19,23,25H,7-8,13-15H2,(H,22,24). The zero-order valence-electron chi connectivity index (χ0n) is 14.3. The number of hydrogen-bond acceptors (Lipinski definition) is 3. The van der Waals surface area contributed by atoms with Crippen LogP contribution in [0.2, 0.25) is 0 Å². The average Bonchev–Trinajstić information content (AvgIpc) is 2.67. The van der Waals surface area contributed by atoms with Crippen molar-refractivity contribution in [1.82, 2.24) is 5.32 Å². The average molecular weight is 339 g/mol. The highest BCUT2D eigenvalue weighted by atomic mass is 16.3. The Bertz CT molecular complexity index is 647. The molecule has 2 aromatic carbocycles. The van der Waals surface area contributed by atoms with Crippen LogP contribution in [0.1, 0.15) is 36.8 Å². The number of carbonyl (C=O) groups is 1. The molecule has 1 saturated carbocycles. The molecule has 0 radical (unpaired) electrons. The zero-order chi connectivity index (χ0) is 17.7. The third kappa shape index (κ3) is 3.91.